The fourth-order valence-electron chi connectivity index (χ4n) is 3.75. The molecule has 3 aromatic rings. The van der Waals surface area contributed by atoms with Crippen LogP contribution in [0.1, 0.15) is 23.7 Å². The number of aromatic nitrogens is 1. The van der Waals surface area contributed by atoms with Gasteiger partial charge in [-0.15, -0.1) is 0 Å². The Balaban J connectivity index is 1.61. The van der Waals surface area contributed by atoms with E-state index in [-0.39, 0.29) is 32.8 Å². The van der Waals surface area contributed by atoms with Gasteiger partial charge in [-0.1, -0.05) is 18.3 Å². The molecule has 0 radical (unpaired) electrons. The Morgan fingerprint density at radius 3 is 2.56 bits per heavy atom. The summed E-state index contributed by atoms with van der Waals surface area (Å²) >= 11 is 1.04. The Bertz CT molecular complexity index is 1270. The first kappa shape index (κ1) is 24.6. The van der Waals surface area contributed by atoms with Crippen LogP contribution in [-0.4, -0.2) is 69.4 Å². The summed E-state index contributed by atoms with van der Waals surface area (Å²) < 4.78 is 57.8. The van der Waals surface area contributed by atoms with E-state index in [9.17, 15) is 22.0 Å². The van der Waals surface area contributed by atoms with Crippen LogP contribution in [0.5, 0.6) is 0 Å². The number of benzene rings is 2. The normalized spacial score (nSPS) is 15.0. The summed E-state index contributed by atoms with van der Waals surface area (Å²) in [6.45, 7) is 5.57. The van der Waals surface area contributed by atoms with Crippen LogP contribution in [0, 0.1) is 11.6 Å². The van der Waals surface area contributed by atoms with Gasteiger partial charge in [0.05, 0.1) is 28.6 Å². The second-order valence-electron chi connectivity index (χ2n) is 7.92. The molecular weight excluding hydrogens is 484 g/mol. The predicted octanol–water partition coefficient (Wildman–Crippen LogP) is 3.74. The highest BCUT2D eigenvalue weighted by Crippen LogP contribution is 2.32. The molecule has 0 unspecified atom stereocenters. The van der Waals surface area contributed by atoms with Crippen molar-refractivity contribution in [3.8, 4) is 0 Å². The van der Waals surface area contributed by atoms with Crippen molar-refractivity contribution in [3.63, 3.8) is 0 Å². The molecular formula is C23H25F2N3O4S2. The first-order valence-electron chi connectivity index (χ1n) is 11.0. The molecule has 1 saturated heterocycles. The topological polar surface area (TPSA) is 79.8 Å². The molecule has 34 heavy (non-hydrogen) atoms. The van der Waals surface area contributed by atoms with Crippen LogP contribution >= 0.6 is 11.3 Å². The number of anilines is 1. The highest BCUT2D eigenvalue weighted by atomic mass is 32.2. The summed E-state index contributed by atoms with van der Waals surface area (Å²) in [5.74, 6) is -1.92. The zero-order chi connectivity index (χ0) is 24.3. The maximum atomic E-state index is 14.3. The number of rotatable bonds is 8. The van der Waals surface area contributed by atoms with Crippen LogP contribution in [0.3, 0.4) is 0 Å². The molecule has 2 heterocycles. The molecule has 7 nitrogen and oxygen atoms in total. The number of sulfone groups is 1. The molecule has 1 aromatic heterocycles. The van der Waals surface area contributed by atoms with E-state index in [0.29, 0.717) is 30.9 Å². The number of ether oxygens (including phenoxy) is 1. The Morgan fingerprint density at radius 2 is 1.88 bits per heavy atom. The second kappa shape index (κ2) is 10.4. The Hall–Kier alpha value is -2.47. The van der Waals surface area contributed by atoms with Gasteiger partial charge in [-0.3, -0.25) is 14.6 Å². The Kier molecular flexibility index (Phi) is 7.56. The standard InChI is InChI=1S/C23H25F2N3O4S2/c1-2-34(30,31)18-6-4-16(5-7-18)22(29)28(9-3-8-27-10-12-32-13-11-27)23-26-21-19(25)14-17(24)15-20(21)33-23/h4-7,14-15H,2-3,8-13H2,1H3. The zero-order valence-electron chi connectivity index (χ0n) is 18.7. The van der Waals surface area contributed by atoms with Gasteiger partial charge in [0, 0.05) is 37.8 Å². The van der Waals surface area contributed by atoms with Gasteiger partial charge in [-0.2, -0.15) is 0 Å². The molecule has 1 fully saturated rings. The lowest BCUT2D eigenvalue weighted by molar-refractivity contribution is 0.0376. The number of carbonyl (C=O) groups is 1. The van der Waals surface area contributed by atoms with E-state index in [0.717, 1.165) is 37.0 Å². The molecule has 4 rings (SSSR count). The lowest BCUT2D eigenvalue weighted by Crippen LogP contribution is -2.39. The van der Waals surface area contributed by atoms with Gasteiger partial charge in [-0.25, -0.2) is 22.2 Å². The number of halogens is 2. The first-order chi connectivity index (χ1) is 16.3. The van der Waals surface area contributed by atoms with Gasteiger partial charge in [-0.05, 0) is 36.8 Å². The molecule has 0 bridgehead atoms. The van der Waals surface area contributed by atoms with E-state index in [4.69, 9.17) is 4.74 Å². The number of morpholine rings is 1. The van der Waals surface area contributed by atoms with E-state index < -0.39 is 21.5 Å². The summed E-state index contributed by atoms with van der Waals surface area (Å²) in [7, 11) is -3.39. The molecule has 1 aliphatic rings. The number of amides is 1. The average molecular weight is 510 g/mol. The number of hydrogen-bond donors (Lipinski definition) is 0. The minimum atomic E-state index is -3.39. The number of hydrogen-bond acceptors (Lipinski definition) is 7. The molecule has 1 amide bonds. The summed E-state index contributed by atoms with van der Waals surface area (Å²) in [5, 5.41) is 0.261. The smallest absolute Gasteiger partial charge is 0.260 e. The number of nitrogens with zero attached hydrogens (tertiary/aromatic N) is 3. The quantitative estimate of drug-likeness (QED) is 0.460. The van der Waals surface area contributed by atoms with Crippen molar-refractivity contribution in [1.82, 2.24) is 9.88 Å². The molecule has 0 saturated carbocycles. The Morgan fingerprint density at radius 1 is 1.18 bits per heavy atom. The zero-order valence-corrected chi connectivity index (χ0v) is 20.3. The van der Waals surface area contributed by atoms with Crippen LogP contribution in [-0.2, 0) is 14.6 Å². The Labute approximate surface area is 200 Å². The SMILES string of the molecule is CCS(=O)(=O)c1ccc(C(=O)N(CCCN2CCOCC2)c2nc3c(F)cc(F)cc3s2)cc1. The first-order valence-corrected chi connectivity index (χ1v) is 13.5. The van der Waals surface area contributed by atoms with Crippen LogP contribution < -0.4 is 4.90 Å². The van der Waals surface area contributed by atoms with Gasteiger partial charge in [0.25, 0.3) is 5.91 Å². The van der Waals surface area contributed by atoms with Gasteiger partial charge in [0.15, 0.2) is 20.8 Å². The van der Waals surface area contributed by atoms with Crippen LogP contribution in [0.15, 0.2) is 41.3 Å². The fraction of sp³-hybridized carbons (Fsp3) is 0.391. The fourth-order valence-corrected chi connectivity index (χ4v) is 5.66. The molecule has 0 N–H and O–H groups in total. The van der Waals surface area contributed by atoms with Crippen LogP contribution in [0.2, 0.25) is 0 Å². The number of thiazole rings is 1. The van der Waals surface area contributed by atoms with Crippen molar-refractivity contribution in [1.29, 1.82) is 0 Å². The van der Waals surface area contributed by atoms with Gasteiger partial charge >= 0.3 is 0 Å². The predicted molar refractivity (Wildman–Crippen MR) is 127 cm³/mol. The third-order valence-corrected chi connectivity index (χ3v) is 8.45. The van der Waals surface area contributed by atoms with E-state index in [2.05, 4.69) is 9.88 Å². The molecule has 0 atom stereocenters. The van der Waals surface area contributed by atoms with Gasteiger partial charge in [0.2, 0.25) is 0 Å². The van der Waals surface area contributed by atoms with Crippen molar-refractivity contribution in [2.45, 2.75) is 18.2 Å². The van der Waals surface area contributed by atoms with Crippen LogP contribution in [0.25, 0.3) is 10.2 Å². The molecule has 182 valence electrons. The minimum absolute atomic E-state index is 0.0109. The van der Waals surface area contributed by atoms with Crippen molar-refractivity contribution < 1.29 is 26.7 Å². The van der Waals surface area contributed by atoms with E-state index in [1.165, 1.54) is 35.2 Å². The summed E-state index contributed by atoms with van der Waals surface area (Å²) in [4.78, 5) is 21.5. The lowest BCUT2D eigenvalue weighted by atomic mass is 10.2. The minimum Gasteiger partial charge on any atom is -0.379 e. The van der Waals surface area contributed by atoms with E-state index in [1.807, 2.05) is 0 Å². The van der Waals surface area contributed by atoms with Crippen molar-refractivity contribution >= 4 is 42.4 Å². The second-order valence-corrected chi connectivity index (χ2v) is 11.2. The average Bonchev–Trinajstić information content (AvgIpc) is 3.26. The molecule has 1 aliphatic heterocycles. The molecule has 11 heteroatoms. The summed E-state index contributed by atoms with van der Waals surface area (Å²) in [6, 6.07) is 7.71. The maximum absolute atomic E-state index is 14.3. The molecule has 2 aromatic carbocycles. The monoisotopic (exact) mass is 509 g/mol. The van der Waals surface area contributed by atoms with Gasteiger partial charge in [0.1, 0.15) is 11.3 Å². The lowest BCUT2D eigenvalue weighted by Gasteiger charge is -2.27. The maximum Gasteiger partial charge on any atom is 0.260 e. The molecule has 0 aliphatic carbocycles. The van der Waals surface area contributed by atoms with Crippen molar-refractivity contribution in [3.05, 3.63) is 53.6 Å². The van der Waals surface area contributed by atoms with Crippen LogP contribution in [0.4, 0.5) is 13.9 Å². The highest BCUT2D eigenvalue weighted by Gasteiger charge is 2.24. The van der Waals surface area contributed by atoms with E-state index >= 15 is 0 Å². The number of fused-ring (bicyclic) bond motifs is 1. The number of carbonyl (C=O) groups excluding carboxylic acids is 1. The largest absolute Gasteiger partial charge is 0.379 e. The van der Waals surface area contributed by atoms with Crippen molar-refractivity contribution in [2.75, 3.05) is 50.0 Å². The molecule has 0 spiro atoms. The highest BCUT2D eigenvalue weighted by molar-refractivity contribution is 7.91. The summed E-state index contributed by atoms with van der Waals surface area (Å²) in [6.07, 6.45) is 0.640. The van der Waals surface area contributed by atoms with E-state index in [1.54, 1.807) is 6.92 Å². The van der Waals surface area contributed by atoms with Crippen molar-refractivity contribution in [2.24, 2.45) is 0 Å². The third kappa shape index (κ3) is 5.43. The summed E-state index contributed by atoms with van der Waals surface area (Å²) in [5.41, 5.74) is 0.295. The third-order valence-electron chi connectivity index (χ3n) is 5.68. The van der Waals surface area contributed by atoms with Gasteiger partial charge < -0.3 is 4.74 Å².